The summed E-state index contributed by atoms with van der Waals surface area (Å²) in [6.45, 7) is 17.3. The van der Waals surface area contributed by atoms with Crippen LogP contribution in [0.4, 0.5) is 0 Å². The van der Waals surface area contributed by atoms with Crippen molar-refractivity contribution in [3.05, 3.63) is 11.6 Å². The minimum Gasteiger partial charge on any atom is -0.469 e. The molecule has 4 fully saturated rings. The number of ether oxygens (including phenoxy) is 4. The highest BCUT2D eigenvalue weighted by Crippen LogP contribution is 2.76. The third-order valence-corrected chi connectivity index (χ3v) is 14.4. The standard InChI is InChI=1S/C37H56O9/c1-20-13-14-37(32(42)43-10)16-15-35(8)25(29(37)21(20)2)11-12-28-33(6)18-27(45-23(4)39)31(46-24(5)40)34(7,19-44-22(3)38)30(33)26(41)17-36(28,35)9/h11,20-21,26-31,41H,12-19H2,1-10H3/t20-,21+,26-,27-,28-,29+,30-,31+,33-,34+,35-,36-,37+/m1/s1. The van der Waals surface area contributed by atoms with Gasteiger partial charge in [0.2, 0.25) is 0 Å². The summed E-state index contributed by atoms with van der Waals surface area (Å²) < 4.78 is 23.0. The number of aliphatic hydroxyl groups is 1. The molecule has 0 unspecified atom stereocenters. The van der Waals surface area contributed by atoms with E-state index in [4.69, 9.17) is 18.9 Å². The summed E-state index contributed by atoms with van der Waals surface area (Å²) in [5.41, 5.74) is -1.47. The first-order valence-electron chi connectivity index (χ1n) is 17.3. The fraction of sp³-hybridized carbons (Fsp3) is 0.838. The van der Waals surface area contributed by atoms with Gasteiger partial charge in [0, 0.05) is 32.1 Å². The van der Waals surface area contributed by atoms with Crippen LogP contribution >= 0.6 is 0 Å². The average molecular weight is 645 g/mol. The Labute approximate surface area is 274 Å². The smallest absolute Gasteiger partial charge is 0.312 e. The van der Waals surface area contributed by atoms with Gasteiger partial charge in [0.1, 0.15) is 18.8 Å². The molecular weight excluding hydrogens is 588 g/mol. The second-order valence-corrected chi connectivity index (χ2v) is 16.6. The van der Waals surface area contributed by atoms with E-state index < -0.39 is 58.4 Å². The molecule has 46 heavy (non-hydrogen) atoms. The second-order valence-electron chi connectivity index (χ2n) is 16.6. The number of methoxy groups -OCH3 is 1. The van der Waals surface area contributed by atoms with Gasteiger partial charge < -0.3 is 24.1 Å². The van der Waals surface area contributed by atoms with Crippen LogP contribution < -0.4 is 0 Å². The van der Waals surface area contributed by atoms with Gasteiger partial charge >= 0.3 is 23.9 Å². The van der Waals surface area contributed by atoms with E-state index in [-0.39, 0.29) is 35.2 Å². The van der Waals surface area contributed by atoms with Gasteiger partial charge in [-0.15, -0.1) is 0 Å². The monoisotopic (exact) mass is 644 g/mol. The molecule has 258 valence electrons. The molecule has 5 aliphatic carbocycles. The van der Waals surface area contributed by atoms with Gasteiger partial charge in [-0.2, -0.15) is 0 Å². The predicted molar refractivity (Wildman–Crippen MR) is 170 cm³/mol. The van der Waals surface area contributed by atoms with Crippen LogP contribution in [0.25, 0.3) is 0 Å². The van der Waals surface area contributed by atoms with Gasteiger partial charge in [-0.3, -0.25) is 19.2 Å². The number of rotatable bonds is 5. The fourth-order valence-electron chi connectivity index (χ4n) is 12.3. The molecule has 1 N–H and O–H groups in total. The maximum Gasteiger partial charge on any atom is 0.312 e. The largest absolute Gasteiger partial charge is 0.469 e. The lowest BCUT2D eigenvalue weighted by molar-refractivity contribution is -0.280. The number of esters is 4. The van der Waals surface area contributed by atoms with Crippen LogP contribution in [0.5, 0.6) is 0 Å². The van der Waals surface area contributed by atoms with Gasteiger partial charge in [-0.25, -0.2) is 0 Å². The number of carbonyl (C=O) groups excluding carboxylic acids is 4. The first-order valence-corrected chi connectivity index (χ1v) is 17.3. The minimum atomic E-state index is -1.03. The molecule has 0 amide bonds. The van der Waals surface area contributed by atoms with Gasteiger partial charge in [-0.05, 0) is 84.9 Å². The van der Waals surface area contributed by atoms with E-state index in [0.717, 1.165) is 32.1 Å². The second kappa shape index (κ2) is 11.6. The molecule has 0 aromatic carbocycles. The van der Waals surface area contributed by atoms with E-state index in [1.807, 2.05) is 6.92 Å². The van der Waals surface area contributed by atoms with Gasteiger partial charge in [0.15, 0.2) is 0 Å². The van der Waals surface area contributed by atoms with Crippen LogP contribution in [0.3, 0.4) is 0 Å². The molecule has 5 rings (SSSR count). The molecule has 4 saturated carbocycles. The molecule has 9 heteroatoms. The Morgan fingerprint density at radius 2 is 1.57 bits per heavy atom. The van der Waals surface area contributed by atoms with Crippen LogP contribution in [0, 0.1) is 56.7 Å². The van der Waals surface area contributed by atoms with Crippen molar-refractivity contribution in [1.29, 1.82) is 0 Å². The van der Waals surface area contributed by atoms with Gasteiger partial charge in [-0.1, -0.05) is 53.2 Å². The van der Waals surface area contributed by atoms with E-state index in [0.29, 0.717) is 24.7 Å². The molecule has 0 heterocycles. The third-order valence-electron chi connectivity index (χ3n) is 14.4. The number of allylic oxidation sites excluding steroid dienone is 2. The first-order chi connectivity index (χ1) is 21.3. The zero-order valence-electron chi connectivity index (χ0n) is 29.6. The number of carbonyl (C=O) groups is 4. The Balaban J connectivity index is 1.67. The Morgan fingerprint density at radius 3 is 2.15 bits per heavy atom. The highest BCUT2D eigenvalue weighted by atomic mass is 16.6. The molecule has 0 saturated heterocycles. The van der Waals surface area contributed by atoms with Crippen LogP contribution in [0.2, 0.25) is 0 Å². The molecule has 0 spiro atoms. The van der Waals surface area contributed by atoms with Crippen molar-refractivity contribution in [3.8, 4) is 0 Å². The minimum absolute atomic E-state index is 0.0608. The predicted octanol–water partition coefficient (Wildman–Crippen LogP) is 5.80. The molecule has 0 bridgehead atoms. The molecule has 0 aromatic rings. The van der Waals surface area contributed by atoms with Crippen molar-refractivity contribution in [1.82, 2.24) is 0 Å². The zero-order chi connectivity index (χ0) is 34.2. The number of hydrogen-bond acceptors (Lipinski definition) is 9. The Bertz CT molecular complexity index is 1310. The SMILES string of the molecule is COC(=O)[C@]12CC[C@@H](C)[C@H](C)[C@H]1C1=CC[C@@H]3[C@@]4(C)C[C@@H](OC(C)=O)[C@H](OC(C)=O)[C@@](C)(COC(C)=O)[C@@H]4[C@H](O)C[C@@]3(C)[C@]1(C)CC2. The highest BCUT2D eigenvalue weighted by Gasteiger charge is 2.74. The molecule has 0 aromatic heterocycles. The Morgan fingerprint density at radius 1 is 0.913 bits per heavy atom. The summed E-state index contributed by atoms with van der Waals surface area (Å²) in [6.07, 6.45) is 4.91. The number of fused-ring (bicyclic) bond motifs is 7. The summed E-state index contributed by atoms with van der Waals surface area (Å²) in [6, 6.07) is 0. The van der Waals surface area contributed by atoms with E-state index >= 15 is 0 Å². The number of hydrogen-bond donors (Lipinski definition) is 1. The maximum absolute atomic E-state index is 13.6. The average Bonchev–Trinajstić information content (AvgIpc) is 2.95. The van der Waals surface area contributed by atoms with Crippen LogP contribution in [-0.4, -0.2) is 61.0 Å². The Kier molecular flexibility index (Phi) is 8.82. The summed E-state index contributed by atoms with van der Waals surface area (Å²) in [5.74, 6) is -1.10. The van der Waals surface area contributed by atoms with Crippen LogP contribution in [0.15, 0.2) is 11.6 Å². The van der Waals surface area contributed by atoms with E-state index in [1.165, 1.54) is 33.5 Å². The quantitative estimate of drug-likeness (QED) is 0.224. The molecule has 0 aliphatic heterocycles. The van der Waals surface area contributed by atoms with Crippen molar-refractivity contribution >= 4 is 23.9 Å². The molecule has 0 radical (unpaired) electrons. The van der Waals surface area contributed by atoms with Crippen molar-refractivity contribution in [3.63, 3.8) is 0 Å². The maximum atomic E-state index is 13.6. The van der Waals surface area contributed by atoms with Crippen molar-refractivity contribution in [2.24, 2.45) is 56.7 Å². The van der Waals surface area contributed by atoms with Crippen molar-refractivity contribution < 1.29 is 43.2 Å². The lowest BCUT2D eigenvalue weighted by Crippen LogP contribution is -2.72. The molecular formula is C37H56O9. The Hall–Kier alpha value is -2.42. The van der Waals surface area contributed by atoms with Gasteiger partial charge in [0.05, 0.1) is 18.6 Å². The summed E-state index contributed by atoms with van der Waals surface area (Å²) in [4.78, 5) is 50.7. The molecule has 5 aliphatic rings. The normalized spacial score (nSPS) is 47.8. The van der Waals surface area contributed by atoms with E-state index in [9.17, 15) is 24.3 Å². The van der Waals surface area contributed by atoms with Crippen molar-refractivity contribution in [2.45, 2.75) is 126 Å². The zero-order valence-corrected chi connectivity index (χ0v) is 29.6. The summed E-state index contributed by atoms with van der Waals surface area (Å²) in [7, 11) is 1.51. The van der Waals surface area contributed by atoms with Crippen LogP contribution in [-0.2, 0) is 38.1 Å². The summed E-state index contributed by atoms with van der Waals surface area (Å²) >= 11 is 0. The first kappa shape index (κ1) is 34.9. The fourth-order valence-corrected chi connectivity index (χ4v) is 12.3. The molecule has 9 nitrogen and oxygen atoms in total. The summed E-state index contributed by atoms with van der Waals surface area (Å²) in [5, 5.41) is 12.4. The van der Waals surface area contributed by atoms with Crippen LogP contribution in [0.1, 0.15) is 107 Å². The van der Waals surface area contributed by atoms with Gasteiger partial charge in [0.25, 0.3) is 0 Å². The lowest BCUT2D eigenvalue weighted by atomic mass is 9.32. The third kappa shape index (κ3) is 4.87. The van der Waals surface area contributed by atoms with E-state index in [1.54, 1.807) is 0 Å². The molecule has 13 atom stereocenters. The van der Waals surface area contributed by atoms with Crippen molar-refractivity contribution in [2.75, 3.05) is 13.7 Å². The lowest BCUT2D eigenvalue weighted by Gasteiger charge is -2.72. The highest BCUT2D eigenvalue weighted by molar-refractivity contribution is 5.78. The van der Waals surface area contributed by atoms with E-state index in [2.05, 4.69) is 40.7 Å². The topological polar surface area (TPSA) is 125 Å². The number of aliphatic hydroxyl groups excluding tert-OH is 1.